The second-order valence-electron chi connectivity index (χ2n) is 6.05. The van der Waals surface area contributed by atoms with E-state index >= 15 is 0 Å². The number of pyridine rings is 1. The number of para-hydroxylation sites is 1. The van der Waals surface area contributed by atoms with Gasteiger partial charge in [-0.3, -0.25) is 9.78 Å². The van der Waals surface area contributed by atoms with Crippen LogP contribution in [0, 0.1) is 0 Å². The second-order valence-corrected chi connectivity index (χ2v) is 7.72. The number of carbonyl (C=O) groups is 1. The number of nitrogens with one attached hydrogen (secondary N) is 2. The van der Waals surface area contributed by atoms with Gasteiger partial charge in [-0.15, -0.1) is 0 Å². The smallest absolute Gasteiger partial charge is 0.258 e. The molecule has 1 amide bonds. The summed E-state index contributed by atoms with van der Waals surface area (Å²) in [4.78, 5) is 24.7. The number of hydrogen-bond acceptors (Lipinski definition) is 3. The van der Waals surface area contributed by atoms with E-state index in [1.807, 2.05) is 12.1 Å². The summed E-state index contributed by atoms with van der Waals surface area (Å²) in [5.74, 6) is 0.450. The average molecular weight is 476 g/mol. The number of nitrogens with zero attached hydrogens (tertiary/aromatic N) is 2. The molecule has 140 valence electrons. The topological polar surface area (TPSA) is 70.7 Å². The molecule has 0 aliphatic rings. The predicted octanol–water partition coefficient (Wildman–Crippen LogP) is 5.87. The van der Waals surface area contributed by atoms with Crippen molar-refractivity contribution in [1.29, 1.82) is 0 Å². The average Bonchev–Trinajstić information content (AvgIpc) is 3.17. The maximum atomic E-state index is 12.8. The van der Waals surface area contributed by atoms with Gasteiger partial charge in [0.1, 0.15) is 5.82 Å². The van der Waals surface area contributed by atoms with Crippen molar-refractivity contribution in [3.8, 4) is 0 Å². The minimum Gasteiger partial charge on any atom is -0.348 e. The lowest BCUT2D eigenvalue weighted by Crippen LogP contribution is -2.13. The minimum absolute atomic E-state index is 0.232. The van der Waals surface area contributed by atoms with Gasteiger partial charge in [-0.05, 0) is 39.7 Å². The molecule has 0 unspecified atom stereocenters. The normalized spacial score (nSPS) is 11.0. The van der Waals surface area contributed by atoms with Crippen molar-refractivity contribution in [2.24, 2.45) is 0 Å². The summed E-state index contributed by atoms with van der Waals surface area (Å²) < 4.78 is 0.869. The van der Waals surface area contributed by atoms with Crippen LogP contribution in [-0.4, -0.2) is 20.9 Å². The van der Waals surface area contributed by atoms with Crippen molar-refractivity contribution in [2.75, 3.05) is 5.32 Å². The first-order chi connectivity index (χ1) is 13.5. The van der Waals surface area contributed by atoms with E-state index in [1.165, 1.54) is 0 Å². The van der Waals surface area contributed by atoms with Crippen LogP contribution in [0.5, 0.6) is 0 Å². The van der Waals surface area contributed by atoms with E-state index < -0.39 is 0 Å². The van der Waals surface area contributed by atoms with Gasteiger partial charge in [0, 0.05) is 34.9 Å². The fraction of sp³-hybridized carbons (Fsp3) is 0.0500. The fourth-order valence-corrected chi connectivity index (χ4v) is 4.02. The molecule has 4 aromatic rings. The Balaban J connectivity index is 1.75. The van der Waals surface area contributed by atoms with Crippen molar-refractivity contribution >= 4 is 61.6 Å². The number of fused-ring (bicyclic) bond motifs is 1. The van der Waals surface area contributed by atoms with E-state index in [2.05, 4.69) is 36.2 Å². The van der Waals surface area contributed by atoms with Gasteiger partial charge in [0.05, 0.1) is 26.8 Å². The van der Waals surface area contributed by atoms with E-state index in [0.29, 0.717) is 27.7 Å². The summed E-state index contributed by atoms with van der Waals surface area (Å²) in [7, 11) is 0. The van der Waals surface area contributed by atoms with E-state index in [1.54, 1.807) is 42.9 Å². The molecule has 0 saturated heterocycles. The predicted molar refractivity (Wildman–Crippen MR) is 115 cm³/mol. The first-order valence-corrected chi connectivity index (χ1v) is 9.89. The molecular weight excluding hydrogens is 463 g/mol. The van der Waals surface area contributed by atoms with Gasteiger partial charge in [0.15, 0.2) is 0 Å². The first kappa shape index (κ1) is 18.9. The molecular formula is C20H13BrCl2N4O. The molecule has 5 nitrogen and oxygen atoms in total. The molecule has 2 aromatic heterocycles. The van der Waals surface area contributed by atoms with Crippen LogP contribution in [0.15, 0.2) is 59.5 Å². The molecule has 28 heavy (non-hydrogen) atoms. The Morgan fingerprint density at radius 2 is 1.86 bits per heavy atom. The Labute approximate surface area is 179 Å². The van der Waals surface area contributed by atoms with Crippen molar-refractivity contribution < 1.29 is 4.79 Å². The van der Waals surface area contributed by atoms with Crippen LogP contribution in [0.1, 0.15) is 21.7 Å². The van der Waals surface area contributed by atoms with Gasteiger partial charge in [-0.2, -0.15) is 0 Å². The Hall–Kier alpha value is -2.41. The number of hydrogen-bond donors (Lipinski definition) is 2. The highest BCUT2D eigenvalue weighted by Crippen LogP contribution is 2.31. The molecule has 0 fully saturated rings. The van der Waals surface area contributed by atoms with Crippen LogP contribution < -0.4 is 5.32 Å². The summed E-state index contributed by atoms with van der Waals surface area (Å²) in [6, 6.07) is 10.6. The van der Waals surface area contributed by atoms with Gasteiger partial charge in [-0.1, -0.05) is 41.4 Å². The number of amides is 1. The number of imidazole rings is 1. The van der Waals surface area contributed by atoms with Crippen LogP contribution >= 0.6 is 39.1 Å². The van der Waals surface area contributed by atoms with E-state index in [0.717, 1.165) is 21.2 Å². The summed E-state index contributed by atoms with van der Waals surface area (Å²) >= 11 is 15.9. The maximum Gasteiger partial charge on any atom is 0.258 e. The molecule has 0 bridgehead atoms. The molecule has 2 aromatic carbocycles. The third kappa shape index (κ3) is 3.63. The number of anilines is 1. The fourth-order valence-electron chi connectivity index (χ4n) is 3.00. The Kier molecular flexibility index (Phi) is 5.35. The van der Waals surface area contributed by atoms with Crippen molar-refractivity contribution in [3.63, 3.8) is 0 Å². The van der Waals surface area contributed by atoms with Crippen molar-refractivity contribution in [3.05, 3.63) is 86.5 Å². The molecule has 0 radical (unpaired) electrons. The Morgan fingerprint density at radius 1 is 1.11 bits per heavy atom. The largest absolute Gasteiger partial charge is 0.348 e. The molecule has 0 aliphatic heterocycles. The zero-order valence-corrected chi connectivity index (χ0v) is 17.4. The molecule has 0 aliphatic carbocycles. The second kappa shape index (κ2) is 7.91. The zero-order valence-electron chi connectivity index (χ0n) is 14.3. The summed E-state index contributed by atoms with van der Waals surface area (Å²) in [5.41, 5.74) is 2.50. The summed E-state index contributed by atoms with van der Waals surface area (Å²) in [6.07, 6.45) is 5.82. The quantitative estimate of drug-likeness (QED) is 0.387. The number of halogens is 3. The Morgan fingerprint density at radius 3 is 2.57 bits per heavy atom. The maximum absolute atomic E-state index is 12.8. The third-order valence-corrected chi connectivity index (χ3v) is 5.61. The number of benzene rings is 2. The zero-order chi connectivity index (χ0) is 19.7. The lowest BCUT2D eigenvalue weighted by atomic mass is 10.0. The molecule has 0 spiro atoms. The highest BCUT2D eigenvalue weighted by molar-refractivity contribution is 9.10. The molecule has 2 heterocycles. The van der Waals surface area contributed by atoms with E-state index in [9.17, 15) is 4.79 Å². The molecule has 4 rings (SSSR count). The molecule has 8 heteroatoms. The van der Waals surface area contributed by atoms with E-state index in [4.69, 9.17) is 23.2 Å². The van der Waals surface area contributed by atoms with Crippen LogP contribution in [-0.2, 0) is 6.42 Å². The standard InChI is InChI=1S/C20H13BrCl2N4O/c21-13-10-26-19-11(12(13)9-17-24-7-8-25-17)3-1-6-16(19)27-20(28)18-14(22)4-2-5-15(18)23/h1-8,10H,9H2,(H,24,25)(H,27,28). The van der Waals surface area contributed by atoms with Gasteiger partial charge in [0.2, 0.25) is 0 Å². The van der Waals surface area contributed by atoms with Crippen LogP contribution in [0.2, 0.25) is 10.0 Å². The monoisotopic (exact) mass is 474 g/mol. The van der Waals surface area contributed by atoms with Gasteiger partial charge in [-0.25, -0.2) is 4.98 Å². The van der Waals surface area contributed by atoms with Gasteiger partial charge < -0.3 is 10.3 Å². The first-order valence-electron chi connectivity index (χ1n) is 8.34. The highest BCUT2D eigenvalue weighted by Gasteiger charge is 2.17. The molecule has 0 saturated carbocycles. The number of carbonyl (C=O) groups excluding carboxylic acids is 1. The molecule has 2 N–H and O–H groups in total. The SMILES string of the molecule is O=C(Nc1cccc2c(Cc3ncc[nH]3)c(Br)cnc12)c1c(Cl)cccc1Cl. The van der Waals surface area contributed by atoms with E-state index in [-0.39, 0.29) is 11.5 Å². The summed E-state index contributed by atoms with van der Waals surface area (Å²) in [6.45, 7) is 0. The van der Waals surface area contributed by atoms with Crippen LogP contribution in [0.25, 0.3) is 10.9 Å². The molecule has 0 atom stereocenters. The lowest BCUT2D eigenvalue weighted by molar-refractivity contribution is 0.102. The lowest BCUT2D eigenvalue weighted by Gasteiger charge is -2.13. The van der Waals surface area contributed by atoms with Crippen LogP contribution in [0.4, 0.5) is 5.69 Å². The Bertz CT molecular complexity index is 1160. The minimum atomic E-state index is -0.389. The number of rotatable bonds is 4. The van der Waals surface area contributed by atoms with Gasteiger partial charge in [0.25, 0.3) is 5.91 Å². The van der Waals surface area contributed by atoms with Crippen molar-refractivity contribution in [1.82, 2.24) is 15.0 Å². The third-order valence-electron chi connectivity index (χ3n) is 4.29. The van der Waals surface area contributed by atoms with Gasteiger partial charge >= 0.3 is 0 Å². The number of aromatic amines is 1. The summed E-state index contributed by atoms with van der Waals surface area (Å²) in [5, 5.41) is 4.37. The van der Waals surface area contributed by atoms with Crippen LogP contribution in [0.3, 0.4) is 0 Å². The number of aromatic nitrogens is 3. The number of H-pyrrole nitrogens is 1. The highest BCUT2D eigenvalue weighted by atomic mass is 79.9. The van der Waals surface area contributed by atoms with Crippen molar-refractivity contribution in [2.45, 2.75) is 6.42 Å².